The van der Waals surface area contributed by atoms with Crippen molar-refractivity contribution in [2.24, 2.45) is 11.1 Å². The van der Waals surface area contributed by atoms with E-state index in [-0.39, 0.29) is 12.0 Å². The topological polar surface area (TPSA) is 75.8 Å². The predicted octanol–water partition coefficient (Wildman–Crippen LogP) is 2.19. The number of primary amides is 1. The van der Waals surface area contributed by atoms with Crippen molar-refractivity contribution in [1.29, 1.82) is 0 Å². The molecule has 2 rings (SSSR count). The highest BCUT2D eigenvalue weighted by Crippen LogP contribution is 2.39. The van der Waals surface area contributed by atoms with Crippen molar-refractivity contribution in [3.63, 3.8) is 0 Å². The fraction of sp³-hybridized carbons (Fsp3) is 0.588. The Balaban J connectivity index is 2.13. The summed E-state index contributed by atoms with van der Waals surface area (Å²) in [4.78, 5) is 13.2. The molecule has 0 spiro atoms. The van der Waals surface area contributed by atoms with Gasteiger partial charge in [0.1, 0.15) is 5.75 Å². The lowest BCUT2D eigenvalue weighted by Gasteiger charge is -2.48. The highest BCUT2D eigenvalue weighted by molar-refractivity contribution is 6.30. The van der Waals surface area contributed by atoms with Crippen LogP contribution in [-0.2, 0) is 11.3 Å². The Morgan fingerprint density at radius 1 is 1.43 bits per heavy atom. The quantitative estimate of drug-likeness (QED) is 0.861. The molecule has 1 heterocycles. The summed E-state index contributed by atoms with van der Waals surface area (Å²) in [6.45, 7) is 8.08. The molecule has 0 radical (unpaired) electrons. The SMILES string of the molecule is CC1(C)CN(Cc2cc(Cl)ccc2OCC(N)=O)CC[C@]1(C)O. The molecule has 128 valence electrons. The second-order valence-corrected chi connectivity index (χ2v) is 7.56. The third-order valence-electron chi connectivity index (χ3n) is 4.78. The van der Waals surface area contributed by atoms with E-state index in [0.717, 1.165) is 18.7 Å². The van der Waals surface area contributed by atoms with Gasteiger partial charge in [0.05, 0.1) is 5.60 Å². The van der Waals surface area contributed by atoms with Gasteiger partial charge in [-0.3, -0.25) is 9.69 Å². The Labute approximate surface area is 142 Å². The van der Waals surface area contributed by atoms with Crippen LogP contribution in [-0.4, -0.2) is 41.2 Å². The first kappa shape index (κ1) is 18.0. The zero-order valence-electron chi connectivity index (χ0n) is 13.9. The number of hydrogen-bond acceptors (Lipinski definition) is 4. The Morgan fingerprint density at radius 3 is 2.74 bits per heavy atom. The van der Waals surface area contributed by atoms with Crippen molar-refractivity contribution in [2.75, 3.05) is 19.7 Å². The molecule has 1 saturated heterocycles. The molecule has 1 atom stereocenters. The molecule has 0 aromatic heterocycles. The molecule has 1 fully saturated rings. The Hall–Kier alpha value is -1.30. The normalized spacial score (nSPS) is 24.4. The summed E-state index contributed by atoms with van der Waals surface area (Å²) in [5.41, 5.74) is 5.17. The zero-order chi connectivity index (χ0) is 17.3. The van der Waals surface area contributed by atoms with Crippen LogP contribution in [0.2, 0.25) is 5.02 Å². The van der Waals surface area contributed by atoms with Crippen molar-refractivity contribution in [1.82, 2.24) is 4.90 Å². The zero-order valence-corrected chi connectivity index (χ0v) is 14.7. The maximum absolute atomic E-state index is 10.9. The number of amides is 1. The van der Waals surface area contributed by atoms with Gasteiger partial charge >= 0.3 is 0 Å². The molecule has 1 amide bonds. The van der Waals surface area contributed by atoms with Gasteiger partial charge < -0.3 is 15.6 Å². The van der Waals surface area contributed by atoms with Crippen LogP contribution in [0.4, 0.5) is 0 Å². The number of carbonyl (C=O) groups excluding carboxylic acids is 1. The average Bonchev–Trinajstić information content (AvgIpc) is 2.42. The van der Waals surface area contributed by atoms with Gasteiger partial charge in [-0.05, 0) is 31.5 Å². The van der Waals surface area contributed by atoms with Crippen molar-refractivity contribution in [3.05, 3.63) is 28.8 Å². The largest absolute Gasteiger partial charge is 0.483 e. The number of nitrogens with two attached hydrogens (primary N) is 1. The highest BCUT2D eigenvalue weighted by atomic mass is 35.5. The number of halogens is 1. The molecule has 1 aliphatic heterocycles. The van der Waals surface area contributed by atoms with E-state index in [0.29, 0.717) is 23.7 Å². The molecular weight excluding hydrogens is 316 g/mol. The van der Waals surface area contributed by atoms with Crippen LogP contribution in [0.25, 0.3) is 0 Å². The van der Waals surface area contributed by atoms with E-state index >= 15 is 0 Å². The number of aliphatic hydroxyl groups is 1. The van der Waals surface area contributed by atoms with E-state index in [1.54, 1.807) is 12.1 Å². The van der Waals surface area contributed by atoms with Gasteiger partial charge in [-0.1, -0.05) is 25.4 Å². The summed E-state index contributed by atoms with van der Waals surface area (Å²) in [7, 11) is 0. The molecule has 0 bridgehead atoms. The first-order valence-electron chi connectivity index (χ1n) is 7.75. The fourth-order valence-corrected chi connectivity index (χ4v) is 3.05. The van der Waals surface area contributed by atoms with Crippen molar-refractivity contribution < 1.29 is 14.6 Å². The van der Waals surface area contributed by atoms with E-state index < -0.39 is 11.5 Å². The van der Waals surface area contributed by atoms with E-state index in [2.05, 4.69) is 18.7 Å². The number of benzene rings is 1. The maximum Gasteiger partial charge on any atom is 0.255 e. The van der Waals surface area contributed by atoms with Crippen LogP contribution in [0.5, 0.6) is 5.75 Å². The van der Waals surface area contributed by atoms with Crippen LogP contribution in [0, 0.1) is 5.41 Å². The number of rotatable bonds is 5. The highest BCUT2D eigenvalue weighted by Gasteiger charge is 2.43. The molecule has 0 unspecified atom stereocenters. The summed E-state index contributed by atoms with van der Waals surface area (Å²) in [5, 5.41) is 11.1. The molecule has 0 saturated carbocycles. The lowest BCUT2D eigenvalue weighted by Crippen LogP contribution is -2.55. The van der Waals surface area contributed by atoms with Crippen LogP contribution in [0.15, 0.2) is 18.2 Å². The number of likely N-dealkylation sites (tertiary alicyclic amines) is 1. The minimum Gasteiger partial charge on any atom is -0.483 e. The third kappa shape index (κ3) is 4.37. The van der Waals surface area contributed by atoms with Crippen molar-refractivity contribution >= 4 is 17.5 Å². The van der Waals surface area contributed by atoms with Gasteiger partial charge in [0, 0.05) is 35.6 Å². The molecule has 1 aliphatic rings. The minimum atomic E-state index is -0.677. The smallest absolute Gasteiger partial charge is 0.255 e. The monoisotopic (exact) mass is 340 g/mol. The van der Waals surface area contributed by atoms with Gasteiger partial charge in [0.2, 0.25) is 0 Å². The Bertz CT molecular complexity index is 587. The fourth-order valence-electron chi connectivity index (χ4n) is 2.86. The van der Waals surface area contributed by atoms with E-state index in [1.807, 2.05) is 13.0 Å². The van der Waals surface area contributed by atoms with Crippen LogP contribution in [0.1, 0.15) is 32.8 Å². The molecule has 1 aromatic carbocycles. The van der Waals surface area contributed by atoms with Gasteiger partial charge in [0.25, 0.3) is 5.91 Å². The molecule has 23 heavy (non-hydrogen) atoms. The summed E-state index contributed by atoms with van der Waals surface area (Å²) in [6.07, 6.45) is 0.706. The number of nitrogens with zero attached hydrogens (tertiary/aromatic N) is 1. The van der Waals surface area contributed by atoms with Gasteiger partial charge in [0.15, 0.2) is 6.61 Å². The summed E-state index contributed by atoms with van der Waals surface area (Å²) >= 11 is 6.09. The van der Waals surface area contributed by atoms with E-state index in [1.165, 1.54) is 0 Å². The van der Waals surface area contributed by atoms with Crippen molar-refractivity contribution in [3.8, 4) is 5.75 Å². The number of hydrogen-bond donors (Lipinski definition) is 2. The predicted molar refractivity (Wildman–Crippen MR) is 90.4 cm³/mol. The van der Waals surface area contributed by atoms with Crippen LogP contribution in [0.3, 0.4) is 0 Å². The molecule has 1 aromatic rings. The van der Waals surface area contributed by atoms with Crippen molar-refractivity contribution in [2.45, 2.75) is 39.3 Å². The summed E-state index contributed by atoms with van der Waals surface area (Å²) in [5.74, 6) is 0.101. The number of ether oxygens (including phenoxy) is 1. The first-order chi connectivity index (χ1) is 10.6. The summed E-state index contributed by atoms with van der Waals surface area (Å²) < 4.78 is 5.48. The second kappa shape index (κ2) is 6.67. The molecule has 5 nitrogen and oxygen atoms in total. The number of piperidine rings is 1. The first-order valence-corrected chi connectivity index (χ1v) is 8.13. The van der Waals surface area contributed by atoms with Crippen LogP contribution < -0.4 is 10.5 Å². The minimum absolute atomic E-state index is 0.158. The van der Waals surface area contributed by atoms with E-state index in [4.69, 9.17) is 22.1 Å². The lowest BCUT2D eigenvalue weighted by molar-refractivity contribution is -0.120. The molecule has 0 aliphatic carbocycles. The van der Waals surface area contributed by atoms with Gasteiger partial charge in [-0.25, -0.2) is 0 Å². The standard InChI is InChI=1S/C17H25ClN2O3/c1-16(2)11-20(7-6-17(16,3)22)9-12-8-13(18)4-5-14(12)23-10-15(19)21/h4-5,8,22H,6-7,9-11H2,1-3H3,(H2,19,21)/t17-/m0/s1. The number of carbonyl (C=O) groups is 1. The third-order valence-corrected chi connectivity index (χ3v) is 5.01. The Morgan fingerprint density at radius 2 is 2.13 bits per heavy atom. The second-order valence-electron chi connectivity index (χ2n) is 7.13. The van der Waals surface area contributed by atoms with E-state index in [9.17, 15) is 9.90 Å². The Kier molecular flexibility index (Phi) is 5.23. The average molecular weight is 341 g/mol. The van der Waals surface area contributed by atoms with Gasteiger partial charge in [-0.15, -0.1) is 0 Å². The van der Waals surface area contributed by atoms with Gasteiger partial charge in [-0.2, -0.15) is 0 Å². The molecule has 3 N–H and O–H groups in total. The van der Waals surface area contributed by atoms with Crippen LogP contribution >= 0.6 is 11.6 Å². The maximum atomic E-state index is 10.9. The molecule has 6 heteroatoms. The molecular formula is C17H25ClN2O3. The lowest BCUT2D eigenvalue weighted by atomic mass is 9.71. The summed E-state index contributed by atoms with van der Waals surface area (Å²) in [6, 6.07) is 5.33.